The Morgan fingerprint density at radius 1 is 1.16 bits per heavy atom. The monoisotopic (exact) mass is 449 g/mol. The average molecular weight is 450 g/mol. The lowest BCUT2D eigenvalue weighted by molar-refractivity contribution is -0.679. The minimum Gasteiger partial charge on any atom is -0.268 e. The molecule has 0 unspecified atom stereocenters. The lowest BCUT2D eigenvalue weighted by Gasteiger charge is -2.04. The van der Waals surface area contributed by atoms with Crippen molar-refractivity contribution in [3.63, 3.8) is 0 Å². The predicted octanol–water partition coefficient (Wildman–Crippen LogP) is 2.02. The molecule has 0 saturated heterocycles. The molecule has 1 aliphatic heterocycles. The van der Waals surface area contributed by atoms with Crippen molar-refractivity contribution in [2.75, 3.05) is 0 Å². The molecule has 0 amide bonds. The number of hydrogen-bond acceptors (Lipinski definition) is 6. The number of pyridine rings is 1. The molecular formula is C22H22ClN8O+. The van der Waals surface area contributed by atoms with Gasteiger partial charge in [-0.2, -0.15) is 5.10 Å². The predicted molar refractivity (Wildman–Crippen MR) is 119 cm³/mol. The summed E-state index contributed by atoms with van der Waals surface area (Å²) in [5.74, 6) is 1.11. The molecule has 0 fully saturated rings. The number of hydrogen-bond donors (Lipinski definition) is 0. The van der Waals surface area contributed by atoms with Crippen LogP contribution in [0.3, 0.4) is 0 Å². The van der Waals surface area contributed by atoms with Crippen LogP contribution in [0.5, 0.6) is 0 Å². The minimum atomic E-state index is -0.201. The highest BCUT2D eigenvalue weighted by Crippen LogP contribution is 2.20. The Kier molecular flexibility index (Phi) is 5.26. The van der Waals surface area contributed by atoms with E-state index in [-0.39, 0.29) is 5.56 Å². The van der Waals surface area contributed by atoms with E-state index in [1.54, 1.807) is 34.6 Å². The highest BCUT2D eigenvalue weighted by Gasteiger charge is 2.27. The van der Waals surface area contributed by atoms with E-state index in [0.717, 1.165) is 42.6 Å². The van der Waals surface area contributed by atoms with Crippen molar-refractivity contribution in [3.8, 4) is 0 Å². The van der Waals surface area contributed by atoms with Gasteiger partial charge in [-0.05, 0) is 23.1 Å². The van der Waals surface area contributed by atoms with Gasteiger partial charge in [-0.3, -0.25) is 9.67 Å². The van der Waals surface area contributed by atoms with Gasteiger partial charge in [0.15, 0.2) is 5.36 Å². The Morgan fingerprint density at radius 2 is 2.03 bits per heavy atom. The Labute approximate surface area is 188 Å². The second-order valence-electron chi connectivity index (χ2n) is 7.86. The topological polar surface area (TPSA) is 94.2 Å². The standard InChI is InChI=1S/C22H22ClN8O/c1-3-4-5-6-30-19-8-18(26-20(19)21(32)31-14(2)27-28-22(30)31)16-10-25-29(13-16)12-15-7-17(23)11-24-9-15/h7-11,13H,3-6,12H2,1-2H3/q+1. The molecule has 0 aliphatic carbocycles. The van der Waals surface area contributed by atoms with Crippen LogP contribution in [0.15, 0.2) is 40.6 Å². The molecule has 0 radical (unpaired) electrons. The van der Waals surface area contributed by atoms with Crippen molar-refractivity contribution in [1.29, 1.82) is 0 Å². The smallest absolute Gasteiger partial charge is 0.268 e. The lowest BCUT2D eigenvalue weighted by Crippen LogP contribution is -2.50. The van der Waals surface area contributed by atoms with Gasteiger partial charge in [-0.25, -0.2) is 14.4 Å². The normalized spacial score (nSPS) is 12.8. The summed E-state index contributed by atoms with van der Waals surface area (Å²) in [7, 11) is 0. The van der Waals surface area contributed by atoms with Gasteiger partial charge in [0.1, 0.15) is 5.69 Å². The number of aromatic nitrogens is 7. The van der Waals surface area contributed by atoms with E-state index < -0.39 is 0 Å². The third-order valence-electron chi connectivity index (χ3n) is 5.51. The zero-order valence-electron chi connectivity index (χ0n) is 17.9. The van der Waals surface area contributed by atoms with Gasteiger partial charge in [0, 0.05) is 42.3 Å². The number of aryl methyl sites for hydroxylation is 2. The fourth-order valence-corrected chi connectivity index (χ4v) is 4.14. The van der Waals surface area contributed by atoms with E-state index in [0.29, 0.717) is 34.2 Å². The lowest BCUT2D eigenvalue weighted by atomic mass is 10.2. The zero-order chi connectivity index (χ0) is 22.2. The Bertz CT molecular complexity index is 1470. The first-order valence-corrected chi connectivity index (χ1v) is 11.0. The summed E-state index contributed by atoms with van der Waals surface area (Å²) in [6, 6.07) is 1.86. The van der Waals surface area contributed by atoms with Gasteiger partial charge in [-0.15, -0.1) is 4.40 Å². The second kappa shape index (κ2) is 8.23. The number of unbranched alkanes of at least 4 members (excludes halogenated alkanes) is 2. The molecule has 0 bridgehead atoms. The van der Waals surface area contributed by atoms with Crippen molar-refractivity contribution in [2.45, 2.75) is 46.2 Å². The average Bonchev–Trinajstić information content (AvgIpc) is 3.49. The molecule has 4 aromatic heterocycles. The molecule has 162 valence electrons. The number of halogens is 1. The summed E-state index contributed by atoms with van der Waals surface area (Å²) in [5, 5.41) is 13.8. The molecule has 5 heterocycles. The molecule has 32 heavy (non-hydrogen) atoms. The Hall–Kier alpha value is -3.46. The van der Waals surface area contributed by atoms with E-state index in [9.17, 15) is 4.79 Å². The Balaban J connectivity index is 1.53. The Morgan fingerprint density at radius 3 is 2.84 bits per heavy atom. The summed E-state index contributed by atoms with van der Waals surface area (Å²) < 4.78 is 5.39. The van der Waals surface area contributed by atoms with Crippen LogP contribution >= 0.6 is 11.6 Å². The van der Waals surface area contributed by atoms with E-state index >= 15 is 0 Å². The molecule has 0 spiro atoms. The maximum absolute atomic E-state index is 13.1. The van der Waals surface area contributed by atoms with Crippen LogP contribution in [0.1, 0.15) is 48.8 Å². The van der Waals surface area contributed by atoms with Crippen LogP contribution in [0, 0.1) is 6.92 Å². The van der Waals surface area contributed by atoms with Gasteiger partial charge >= 0.3 is 11.3 Å². The van der Waals surface area contributed by atoms with Crippen LogP contribution in [0.25, 0.3) is 17.6 Å². The highest BCUT2D eigenvalue weighted by molar-refractivity contribution is 6.30. The van der Waals surface area contributed by atoms with Crippen molar-refractivity contribution < 1.29 is 4.57 Å². The fourth-order valence-electron chi connectivity index (χ4n) is 3.95. The molecule has 9 nitrogen and oxygen atoms in total. The SMILES string of the molecule is CCCCC[n+]1c2c(c(=O)n3c(C)nnc31)=NC(c1cnn(Cc3cncc(Cl)c3)c1)=C2. The van der Waals surface area contributed by atoms with E-state index in [2.05, 4.69) is 32.2 Å². The molecule has 5 rings (SSSR count). The quantitative estimate of drug-likeness (QED) is 0.318. The number of fused-ring (bicyclic) bond motifs is 2. The van der Waals surface area contributed by atoms with Gasteiger partial charge < -0.3 is 0 Å². The molecule has 1 aliphatic rings. The number of nitrogens with zero attached hydrogens (tertiary/aromatic N) is 8. The summed E-state index contributed by atoms with van der Waals surface area (Å²) >= 11 is 6.03. The van der Waals surface area contributed by atoms with E-state index in [4.69, 9.17) is 11.6 Å². The fraction of sp³-hybridized carbons (Fsp3) is 0.318. The first kappa shape index (κ1) is 20.4. The van der Waals surface area contributed by atoms with Crippen molar-refractivity contribution in [3.05, 3.63) is 74.2 Å². The van der Waals surface area contributed by atoms with Crippen LogP contribution in [0.2, 0.25) is 5.02 Å². The summed E-state index contributed by atoms with van der Waals surface area (Å²) in [4.78, 5) is 21.9. The van der Waals surface area contributed by atoms with Gasteiger partial charge in [0.2, 0.25) is 5.82 Å². The van der Waals surface area contributed by atoms with Crippen molar-refractivity contribution in [1.82, 2.24) is 29.4 Å². The maximum Gasteiger partial charge on any atom is 0.431 e. The van der Waals surface area contributed by atoms with Crippen molar-refractivity contribution in [2.24, 2.45) is 4.99 Å². The largest absolute Gasteiger partial charge is 0.431 e. The van der Waals surface area contributed by atoms with Gasteiger partial charge in [0.05, 0.1) is 30.0 Å². The minimum absolute atomic E-state index is 0.201. The summed E-state index contributed by atoms with van der Waals surface area (Å²) in [5.41, 5.74) is 3.06. The third kappa shape index (κ3) is 3.58. The maximum atomic E-state index is 13.1. The van der Waals surface area contributed by atoms with E-state index in [1.807, 2.05) is 22.9 Å². The van der Waals surface area contributed by atoms with Crippen LogP contribution in [0.4, 0.5) is 0 Å². The van der Waals surface area contributed by atoms with Gasteiger partial charge in [0.25, 0.3) is 0 Å². The number of rotatable bonds is 7. The molecule has 0 N–H and O–H groups in total. The zero-order valence-corrected chi connectivity index (χ0v) is 18.6. The second-order valence-corrected chi connectivity index (χ2v) is 8.30. The van der Waals surface area contributed by atoms with Crippen LogP contribution < -0.4 is 15.5 Å². The summed E-state index contributed by atoms with van der Waals surface area (Å²) in [6.07, 6.45) is 12.2. The van der Waals surface area contributed by atoms with Crippen molar-refractivity contribution >= 4 is 29.2 Å². The molecule has 4 aromatic rings. The third-order valence-corrected chi connectivity index (χ3v) is 5.72. The van der Waals surface area contributed by atoms with Gasteiger partial charge in [-0.1, -0.05) is 31.4 Å². The highest BCUT2D eigenvalue weighted by atomic mass is 35.5. The first-order valence-electron chi connectivity index (χ1n) is 10.6. The molecule has 0 aromatic carbocycles. The molecule has 0 saturated carbocycles. The summed E-state index contributed by atoms with van der Waals surface area (Å²) in [6.45, 7) is 5.23. The first-order chi connectivity index (χ1) is 15.5. The molecule has 0 atom stereocenters. The molecule has 10 heteroatoms. The van der Waals surface area contributed by atoms with Crippen LogP contribution in [-0.2, 0) is 13.1 Å². The van der Waals surface area contributed by atoms with E-state index in [1.165, 1.54) is 0 Å². The molecular weight excluding hydrogens is 428 g/mol. The van der Waals surface area contributed by atoms with Crippen LogP contribution in [-0.4, -0.2) is 29.4 Å².